The molecule has 0 radical (unpaired) electrons. The van der Waals surface area contributed by atoms with Crippen molar-refractivity contribution in [1.29, 1.82) is 0 Å². The van der Waals surface area contributed by atoms with Crippen molar-refractivity contribution in [3.8, 4) is 0 Å². The second-order valence-electron chi connectivity index (χ2n) is 4.39. The molecule has 112 valence electrons. The average molecular weight is 319 g/mol. The quantitative estimate of drug-likeness (QED) is 0.509. The summed E-state index contributed by atoms with van der Waals surface area (Å²) in [7, 11) is 0. The molecule has 2 nitrogen and oxygen atoms in total. The number of hydrogen-bond donors (Lipinski definition) is 2. The lowest BCUT2D eigenvalue weighted by atomic mass is 9.98. The van der Waals surface area contributed by atoms with Crippen LogP contribution in [0.2, 0.25) is 5.02 Å². The van der Waals surface area contributed by atoms with Crippen LogP contribution in [-0.4, -0.2) is 0 Å². The van der Waals surface area contributed by atoms with Crippen molar-refractivity contribution >= 4 is 11.6 Å². The fourth-order valence-electron chi connectivity index (χ4n) is 1.98. The van der Waals surface area contributed by atoms with Gasteiger partial charge in [0, 0.05) is 5.02 Å². The largest absolute Gasteiger partial charge is 0.419 e. The van der Waals surface area contributed by atoms with Gasteiger partial charge >= 0.3 is 6.18 Å². The van der Waals surface area contributed by atoms with E-state index in [-0.39, 0.29) is 5.56 Å². The molecule has 0 aliphatic rings. The van der Waals surface area contributed by atoms with Gasteiger partial charge in [-0.05, 0) is 35.4 Å². The van der Waals surface area contributed by atoms with Gasteiger partial charge in [0.1, 0.15) is 5.82 Å². The van der Waals surface area contributed by atoms with Gasteiger partial charge < -0.3 is 0 Å². The molecule has 2 aromatic rings. The zero-order valence-electron chi connectivity index (χ0n) is 10.6. The molecule has 2 aromatic carbocycles. The molecule has 0 aromatic heterocycles. The van der Waals surface area contributed by atoms with Gasteiger partial charge in [-0.15, -0.1) is 0 Å². The van der Waals surface area contributed by atoms with Gasteiger partial charge in [0.25, 0.3) is 0 Å². The number of rotatable bonds is 3. The molecular formula is C14H11ClF4N2. The maximum atomic E-state index is 13.6. The average Bonchev–Trinajstić information content (AvgIpc) is 2.40. The van der Waals surface area contributed by atoms with Crippen molar-refractivity contribution in [2.75, 3.05) is 0 Å². The third kappa shape index (κ3) is 3.53. The number of alkyl halides is 3. The minimum absolute atomic E-state index is 0.283. The molecule has 0 spiro atoms. The Morgan fingerprint density at radius 1 is 1.00 bits per heavy atom. The number of hydrogen-bond acceptors (Lipinski definition) is 2. The Kier molecular flexibility index (Phi) is 4.51. The Balaban J connectivity index is 2.40. The highest BCUT2D eigenvalue weighted by Crippen LogP contribution is 2.33. The molecule has 1 atom stereocenters. The van der Waals surface area contributed by atoms with Gasteiger partial charge in [-0.1, -0.05) is 29.8 Å². The standard InChI is InChI=1S/C14H11ClF4N2/c15-10-4-1-8(2-5-10)13(21-20)9-3-6-11(12(16)7-9)14(17,18)19/h1-7,13,21H,20H2. The summed E-state index contributed by atoms with van der Waals surface area (Å²) >= 11 is 5.77. The normalized spacial score (nSPS) is 13.2. The van der Waals surface area contributed by atoms with Crippen LogP contribution in [0.1, 0.15) is 22.7 Å². The first-order valence-corrected chi connectivity index (χ1v) is 6.29. The Morgan fingerprint density at radius 2 is 1.57 bits per heavy atom. The lowest BCUT2D eigenvalue weighted by molar-refractivity contribution is -0.140. The van der Waals surface area contributed by atoms with E-state index < -0.39 is 23.6 Å². The van der Waals surface area contributed by atoms with Crippen LogP contribution in [0.15, 0.2) is 42.5 Å². The predicted octanol–water partition coefficient (Wildman–Crippen LogP) is 4.05. The molecule has 0 saturated carbocycles. The lowest BCUT2D eigenvalue weighted by Crippen LogP contribution is -2.29. The summed E-state index contributed by atoms with van der Waals surface area (Å²) in [6.45, 7) is 0. The van der Waals surface area contributed by atoms with E-state index >= 15 is 0 Å². The first-order chi connectivity index (χ1) is 9.82. The SMILES string of the molecule is NNC(c1ccc(Cl)cc1)c1ccc(C(F)(F)F)c(F)c1. The molecule has 0 heterocycles. The van der Waals surface area contributed by atoms with Gasteiger partial charge in [-0.2, -0.15) is 13.2 Å². The van der Waals surface area contributed by atoms with Crippen molar-refractivity contribution < 1.29 is 17.6 Å². The number of nitrogens with two attached hydrogens (primary N) is 1. The zero-order valence-corrected chi connectivity index (χ0v) is 11.3. The van der Waals surface area contributed by atoms with Gasteiger partial charge in [-0.25, -0.2) is 9.82 Å². The second kappa shape index (κ2) is 6.01. The van der Waals surface area contributed by atoms with E-state index in [0.29, 0.717) is 16.7 Å². The van der Waals surface area contributed by atoms with Crippen molar-refractivity contribution in [1.82, 2.24) is 5.43 Å². The molecule has 0 fully saturated rings. The van der Waals surface area contributed by atoms with Gasteiger partial charge in [-0.3, -0.25) is 5.84 Å². The van der Waals surface area contributed by atoms with Crippen LogP contribution < -0.4 is 11.3 Å². The van der Waals surface area contributed by atoms with E-state index in [9.17, 15) is 17.6 Å². The Bertz CT molecular complexity index is 626. The van der Waals surface area contributed by atoms with E-state index in [4.69, 9.17) is 17.4 Å². The highest BCUT2D eigenvalue weighted by Gasteiger charge is 2.34. The first kappa shape index (κ1) is 15.8. The van der Waals surface area contributed by atoms with E-state index in [1.54, 1.807) is 24.3 Å². The first-order valence-electron chi connectivity index (χ1n) is 5.91. The molecule has 3 N–H and O–H groups in total. The van der Waals surface area contributed by atoms with E-state index in [0.717, 1.165) is 6.07 Å². The van der Waals surface area contributed by atoms with Crippen molar-refractivity contribution in [2.45, 2.75) is 12.2 Å². The van der Waals surface area contributed by atoms with Crippen molar-refractivity contribution in [3.05, 3.63) is 70.0 Å². The summed E-state index contributed by atoms with van der Waals surface area (Å²) in [5.74, 6) is 4.08. The van der Waals surface area contributed by atoms with E-state index in [2.05, 4.69) is 5.43 Å². The molecule has 1 unspecified atom stereocenters. The molecule has 0 aliphatic carbocycles. The molecular weight excluding hydrogens is 308 g/mol. The monoisotopic (exact) mass is 318 g/mol. The predicted molar refractivity (Wildman–Crippen MR) is 72.0 cm³/mol. The lowest BCUT2D eigenvalue weighted by Gasteiger charge is -2.18. The van der Waals surface area contributed by atoms with Gasteiger partial charge in [0.05, 0.1) is 11.6 Å². The number of benzene rings is 2. The Labute approximate surface area is 123 Å². The third-order valence-corrected chi connectivity index (χ3v) is 3.25. The molecule has 2 rings (SSSR count). The fraction of sp³-hybridized carbons (Fsp3) is 0.143. The van der Waals surface area contributed by atoms with Crippen LogP contribution in [0.4, 0.5) is 17.6 Å². The van der Waals surface area contributed by atoms with Crippen LogP contribution in [0, 0.1) is 5.82 Å². The summed E-state index contributed by atoms with van der Waals surface area (Å²) in [5.41, 5.74) is 2.08. The minimum atomic E-state index is -4.73. The number of nitrogens with one attached hydrogen (secondary N) is 1. The molecule has 0 saturated heterocycles. The zero-order chi connectivity index (χ0) is 15.6. The number of halogens is 5. The van der Waals surface area contributed by atoms with Crippen LogP contribution >= 0.6 is 11.6 Å². The highest BCUT2D eigenvalue weighted by molar-refractivity contribution is 6.30. The van der Waals surface area contributed by atoms with Gasteiger partial charge in [0.15, 0.2) is 0 Å². The van der Waals surface area contributed by atoms with E-state index in [1.165, 1.54) is 6.07 Å². The molecule has 7 heteroatoms. The second-order valence-corrected chi connectivity index (χ2v) is 4.82. The summed E-state index contributed by atoms with van der Waals surface area (Å²) in [5, 5.41) is 0.508. The topological polar surface area (TPSA) is 38.0 Å². The maximum Gasteiger partial charge on any atom is 0.419 e. The third-order valence-electron chi connectivity index (χ3n) is 3.00. The fourth-order valence-corrected chi connectivity index (χ4v) is 2.11. The molecule has 0 bridgehead atoms. The summed E-state index contributed by atoms with van der Waals surface area (Å²) in [4.78, 5) is 0. The molecule has 0 aliphatic heterocycles. The van der Waals surface area contributed by atoms with Crippen LogP contribution in [0.25, 0.3) is 0 Å². The molecule has 21 heavy (non-hydrogen) atoms. The van der Waals surface area contributed by atoms with Crippen LogP contribution in [0.3, 0.4) is 0 Å². The minimum Gasteiger partial charge on any atom is -0.271 e. The highest BCUT2D eigenvalue weighted by atomic mass is 35.5. The summed E-state index contributed by atoms with van der Waals surface area (Å²) < 4.78 is 51.2. The smallest absolute Gasteiger partial charge is 0.271 e. The van der Waals surface area contributed by atoms with Gasteiger partial charge in [0.2, 0.25) is 0 Å². The Hall–Kier alpha value is -1.63. The molecule has 0 amide bonds. The maximum absolute atomic E-state index is 13.6. The summed E-state index contributed by atoms with van der Waals surface area (Å²) in [6.07, 6.45) is -4.73. The van der Waals surface area contributed by atoms with Crippen molar-refractivity contribution in [2.24, 2.45) is 5.84 Å². The van der Waals surface area contributed by atoms with Crippen LogP contribution in [0.5, 0.6) is 0 Å². The summed E-state index contributed by atoms with van der Waals surface area (Å²) in [6, 6.07) is 8.60. The Morgan fingerprint density at radius 3 is 2.05 bits per heavy atom. The van der Waals surface area contributed by atoms with E-state index in [1.807, 2.05) is 0 Å². The van der Waals surface area contributed by atoms with Crippen LogP contribution in [-0.2, 0) is 6.18 Å². The van der Waals surface area contributed by atoms with Crippen molar-refractivity contribution in [3.63, 3.8) is 0 Å². The number of hydrazine groups is 1.